The molecule has 2 nitrogen and oxygen atoms in total. The molecule has 0 fully saturated rings. The molecule has 1 aromatic heterocycles. The summed E-state index contributed by atoms with van der Waals surface area (Å²) >= 11 is 11.7. The number of hydrogen-bond acceptors (Lipinski definition) is 2. The van der Waals surface area contributed by atoms with Crippen LogP contribution in [0.4, 0.5) is 0 Å². The van der Waals surface area contributed by atoms with E-state index < -0.39 is 0 Å². The van der Waals surface area contributed by atoms with E-state index in [1.165, 1.54) is 0 Å². The summed E-state index contributed by atoms with van der Waals surface area (Å²) in [6.07, 6.45) is 3.51. The van der Waals surface area contributed by atoms with Gasteiger partial charge in [0.05, 0.1) is 23.8 Å². The van der Waals surface area contributed by atoms with Crippen molar-refractivity contribution in [2.75, 3.05) is 0 Å². The molecule has 0 aliphatic carbocycles. The van der Waals surface area contributed by atoms with Crippen LogP contribution in [0.3, 0.4) is 0 Å². The second kappa shape index (κ2) is 5.61. The van der Waals surface area contributed by atoms with Crippen LogP contribution in [-0.2, 0) is 0 Å². The predicted octanol–water partition coefficient (Wildman–Crippen LogP) is 5.12. The lowest BCUT2D eigenvalue weighted by Gasteiger charge is -2.03. The average Bonchev–Trinajstić information content (AvgIpc) is 2.49. The van der Waals surface area contributed by atoms with E-state index in [0.717, 1.165) is 22.5 Å². The van der Waals surface area contributed by atoms with Gasteiger partial charge >= 0.3 is 0 Å². The standard InChI is InChI=1S/C16H10Cl2N2/c17-13-5-1-11(2-6-13)15-9-20-16(10-19-15)12-3-7-14(18)8-4-12/h1-10H. The summed E-state index contributed by atoms with van der Waals surface area (Å²) in [6.45, 7) is 0. The normalized spacial score (nSPS) is 10.5. The lowest BCUT2D eigenvalue weighted by atomic mass is 10.1. The molecule has 0 bridgehead atoms. The molecule has 3 rings (SSSR count). The maximum absolute atomic E-state index is 5.87. The molecule has 3 aromatic rings. The smallest absolute Gasteiger partial charge is 0.0885 e. The van der Waals surface area contributed by atoms with Gasteiger partial charge in [-0.05, 0) is 24.3 Å². The Balaban J connectivity index is 1.91. The highest BCUT2D eigenvalue weighted by Crippen LogP contribution is 2.22. The molecule has 0 saturated carbocycles. The Morgan fingerprint density at radius 2 is 0.900 bits per heavy atom. The van der Waals surface area contributed by atoms with Crippen LogP contribution in [0.2, 0.25) is 10.0 Å². The van der Waals surface area contributed by atoms with Gasteiger partial charge < -0.3 is 0 Å². The van der Waals surface area contributed by atoms with Crippen molar-refractivity contribution in [1.82, 2.24) is 9.97 Å². The molecule has 20 heavy (non-hydrogen) atoms. The first-order valence-corrected chi connectivity index (χ1v) is 6.82. The fourth-order valence-corrected chi connectivity index (χ4v) is 2.12. The number of benzene rings is 2. The Labute approximate surface area is 127 Å². The molecule has 1 heterocycles. The quantitative estimate of drug-likeness (QED) is 0.656. The van der Waals surface area contributed by atoms with Crippen molar-refractivity contribution in [3.63, 3.8) is 0 Å². The molecule has 0 saturated heterocycles. The Morgan fingerprint density at radius 1 is 0.550 bits per heavy atom. The van der Waals surface area contributed by atoms with E-state index in [-0.39, 0.29) is 0 Å². The molecular formula is C16H10Cl2N2. The van der Waals surface area contributed by atoms with Crippen molar-refractivity contribution >= 4 is 23.2 Å². The minimum absolute atomic E-state index is 0.708. The highest BCUT2D eigenvalue weighted by Gasteiger charge is 2.03. The molecule has 98 valence electrons. The van der Waals surface area contributed by atoms with Crippen LogP contribution in [-0.4, -0.2) is 9.97 Å². The van der Waals surface area contributed by atoms with Crippen LogP contribution >= 0.6 is 23.2 Å². The first kappa shape index (κ1) is 13.1. The Morgan fingerprint density at radius 3 is 1.20 bits per heavy atom. The minimum Gasteiger partial charge on any atom is -0.252 e. The summed E-state index contributed by atoms with van der Waals surface area (Å²) in [5, 5.41) is 1.42. The summed E-state index contributed by atoms with van der Waals surface area (Å²) in [5.74, 6) is 0. The van der Waals surface area contributed by atoms with E-state index in [1.54, 1.807) is 12.4 Å². The van der Waals surface area contributed by atoms with Crippen LogP contribution in [0.15, 0.2) is 60.9 Å². The maximum Gasteiger partial charge on any atom is 0.0885 e. The number of nitrogens with zero attached hydrogens (tertiary/aromatic N) is 2. The highest BCUT2D eigenvalue weighted by atomic mass is 35.5. The van der Waals surface area contributed by atoms with E-state index in [2.05, 4.69) is 9.97 Å². The molecule has 0 amide bonds. The van der Waals surface area contributed by atoms with Gasteiger partial charge in [-0.1, -0.05) is 47.5 Å². The molecule has 4 heteroatoms. The zero-order chi connectivity index (χ0) is 13.9. The number of rotatable bonds is 2. The average molecular weight is 301 g/mol. The van der Waals surface area contributed by atoms with Crippen molar-refractivity contribution in [1.29, 1.82) is 0 Å². The number of aromatic nitrogens is 2. The molecule has 0 unspecified atom stereocenters. The van der Waals surface area contributed by atoms with Gasteiger partial charge in [0.25, 0.3) is 0 Å². The molecule has 0 atom stereocenters. The predicted molar refractivity (Wildman–Crippen MR) is 82.9 cm³/mol. The van der Waals surface area contributed by atoms with Crippen molar-refractivity contribution < 1.29 is 0 Å². The Bertz CT molecular complexity index is 640. The summed E-state index contributed by atoms with van der Waals surface area (Å²) in [7, 11) is 0. The fourth-order valence-electron chi connectivity index (χ4n) is 1.87. The topological polar surface area (TPSA) is 25.8 Å². The van der Waals surface area contributed by atoms with Crippen molar-refractivity contribution in [2.45, 2.75) is 0 Å². The third-order valence-corrected chi connectivity index (χ3v) is 3.44. The largest absolute Gasteiger partial charge is 0.252 e. The van der Waals surface area contributed by atoms with Gasteiger partial charge in [-0.25, -0.2) is 0 Å². The molecule has 0 N–H and O–H groups in total. The monoisotopic (exact) mass is 300 g/mol. The van der Waals surface area contributed by atoms with Gasteiger partial charge in [-0.15, -0.1) is 0 Å². The second-order valence-electron chi connectivity index (χ2n) is 4.30. The van der Waals surface area contributed by atoms with E-state index >= 15 is 0 Å². The van der Waals surface area contributed by atoms with Gasteiger partial charge in [0.1, 0.15) is 0 Å². The first-order chi connectivity index (χ1) is 9.72. The van der Waals surface area contributed by atoms with Gasteiger partial charge in [-0.3, -0.25) is 9.97 Å². The van der Waals surface area contributed by atoms with Crippen LogP contribution in [0.5, 0.6) is 0 Å². The minimum atomic E-state index is 0.708. The number of halogens is 2. The third kappa shape index (κ3) is 2.82. The van der Waals surface area contributed by atoms with E-state index in [4.69, 9.17) is 23.2 Å². The van der Waals surface area contributed by atoms with Crippen molar-refractivity contribution in [2.24, 2.45) is 0 Å². The Kier molecular flexibility index (Phi) is 3.68. The lowest BCUT2D eigenvalue weighted by molar-refractivity contribution is 1.21. The summed E-state index contributed by atoms with van der Waals surface area (Å²) in [5.41, 5.74) is 3.62. The van der Waals surface area contributed by atoms with E-state index in [9.17, 15) is 0 Å². The summed E-state index contributed by atoms with van der Waals surface area (Å²) < 4.78 is 0. The van der Waals surface area contributed by atoms with Crippen molar-refractivity contribution in [3.8, 4) is 22.5 Å². The zero-order valence-corrected chi connectivity index (χ0v) is 11.9. The van der Waals surface area contributed by atoms with Gasteiger partial charge in [-0.2, -0.15) is 0 Å². The SMILES string of the molecule is Clc1ccc(-c2cnc(-c3ccc(Cl)cc3)cn2)cc1. The van der Waals surface area contributed by atoms with Crippen molar-refractivity contribution in [3.05, 3.63) is 71.0 Å². The molecular weight excluding hydrogens is 291 g/mol. The third-order valence-electron chi connectivity index (χ3n) is 2.93. The van der Waals surface area contributed by atoms with E-state index in [0.29, 0.717) is 10.0 Å². The van der Waals surface area contributed by atoms with Crippen LogP contribution in [0.25, 0.3) is 22.5 Å². The van der Waals surface area contributed by atoms with Crippen LogP contribution in [0.1, 0.15) is 0 Å². The van der Waals surface area contributed by atoms with Gasteiger partial charge in [0.2, 0.25) is 0 Å². The van der Waals surface area contributed by atoms with Gasteiger partial charge in [0, 0.05) is 21.2 Å². The maximum atomic E-state index is 5.87. The molecule has 0 radical (unpaired) electrons. The molecule has 0 spiro atoms. The summed E-state index contributed by atoms with van der Waals surface area (Å²) in [4.78, 5) is 8.88. The van der Waals surface area contributed by atoms with E-state index in [1.807, 2.05) is 48.5 Å². The molecule has 0 aliphatic heterocycles. The second-order valence-corrected chi connectivity index (χ2v) is 5.17. The number of hydrogen-bond donors (Lipinski definition) is 0. The van der Waals surface area contributed by atoms with Gasteiger partial charge in [0.15, 0.2) is 0 Å². The fraction of sp³-hybridized carbons (Fsp3) is 0. The van der Waals surface area contributed by atoms with Crippen LogP contribution < -0.4 is 0 Å². The summed E-state index contributed by atoms with van der Waals surface area (Å²) in [6, 6.07) is 15.1. The lowest BCUT2D eigenvalue weighted by Crippen LogP contribution is -1.89. The Hall–Kier alpha value is -1.90. The van der Waals surface area contributed by atoms with Crippen LogP contribution in [0, 0.1) is 0 Å². The zero-order valence-electron chi connectivity index (χ0n) is 10.4. The first-order valence-electron chi connectivity index (χ1n) is 6.06. The molecule has 2 aromatic carbocycles. The molecule has 0 aliphatic rings. The highest BCUT2D eigenvalue weighted by molar-refractivity contribution is 6.30.